The van der Waals surface area contributed by atoms with Crippen LogP contribution in [0.3, 0.4) is 0 Å². The van der Waals surface area contributed by atoms with E-state index in [1.807, 2.05) is 19.1 Å². The Morgan fingerprint density at radius 1 is 1.04 bits per heavy atom. The Balaban J connectivity index is 1.88. The highest BCUT2D eigenvalue weighted by Gasteiger charge is 2.16. The van der Waals surface area contributed by atoms with Crippen molar-refractivity contribution in [2.75, 3.05) is 6.61 Å². The second kappa shape index (κ2) is 8.11. The van der Waals surface area contributed by atoms with Crippen LogP contribution in [-0.2, 0) is 0 Å². The summed E-state index contributed by atoms with van der Waals surface area (Å²) < 4.78 is 11.2. The third-order valence-electron chi connectivity index (χ3n) is 3.76. The first-order valence-corrected chi connectivity index (χ1v) is 8.24. The van der Waals surface area contributed by atoms with Crippen LogP contribution in [0.25, 0.3) is 0 Å². The van der Waals surface area contributed by atoms with Crippen LogP contribution in [0.4, 0.5) is 0 Å². The molecule has 0 bridgehead atoms. The molecule has 126 valence electrons. The Morgan fingerprint density at radius 2 is 1.74 bits per heavy atom. The molecule has 0 amide bonds. The Hall–Kier alpha value is -1.88. The molecule has 0 unspecified atom stereocenters. The first-order valence-electron chi connectivity index (χ1n) is 8.24. The van der Waals surface area contributed by atoms with E-state index in [1.54, 1.807) is 6.92 Å². The van der Waals surface area contributed by atoms with Crippen LogP contribution in [0.2, 0.25) is 0 Å². The summed E-state index contributed by atoms with van der Waals surface area (Å²) in [5, 5.41) is 11.4. The van der Waals surface area contributed by atoms with Crippen molar-refractivity contribution in [3.8, 4) is 5.75 Å². The van der Waals surface area contributed by atoms with Crippen LogP contribution in [0.1, 0.15) is 63.5 Å². The Bertz CT molecular complexity index is 593. The fourth-order valence-corrected chi connectivity index (χ4v) is 2.29. The van der Waals surface area contributed by atoms with Gasteiger partial charge in [0.25, 0.3) is 0 Å². The first kappa shape index (κ1) is 17.5. The molecular formula is C18H27N3O2. The minimum Gasteiger partial charge on any atom is -0.494 e. The van der Waals surface area contributed by atoms with Crippen molar-refractivity contribution < 1.29 is 9.15 Å². The maximum Gasteiger partial charge on any atom is 0.233 e. The van der Waals surface area contributed by atoms with Crippen molar-refractivity contribution in [1.82, 2.24) is 15.5 Å². The molecule has 0 aliphatic heterocycles. The molecule has 0 saturated heterocycles. The number of rotatable bonds is 8. The molecule has 23 heavy (non-hydrogen) atoms. The van der Waals surface area contributed by atoms with Gasteiger partial charge in [0.05, 0.1) is 12.6 Å². The highest BCUT2D eigenvalue weighted by molar-refractivity contribution is 5.29. The van der Waals surface area contributed by atoms with Crippen molar-refractivity contribution in [2.45, 2.75) is 53.1 Å². The summed E-state index contributed by atoms with van der Waals surface area (Å²) in [7, 11) is 0. The summed E-state index contributed by atoms with van der Waals surface area (Å²) in [6.45, 7) is 11.1. The van der Waals surface area contributed by atoms with Crippen molar-refractivity contribution in [3.63, 3.8) is 0 Å². The van der Waals surface area contributed by atoms with E-state index in [4.69, 9.17) is 9.15 Å². The minimum atomic E-state index is 0.00756. The largest absolute Gasteiger partial charge is 0.494 e. The van der Waals surface area contributed by atoms with Gasteiger partial charge in [-0.3, -0.25) is 5.32 Å². The molecule has 5 nitrogen and oxygen atoms in total. The first-order chi connectivity index (χ1) is 11.0. The predicted octanol–water partition coefficient (Wildman–Crippen LogP) is 4.21. The standard InChI is InChI=1S/C18H27N3O2/c1-12(2)10-11-22-17-8-6-16(7-9-17)13(3)19-14(4)18-21-20-15(5)23-18/h6-9,12-14,19H,10-11H2,1-5H3/t13-,14-/m0/s1. The molecule has 2 atom stereocenters. The third-order valence-corrected chi connectivity index (χ3v) is 3.76. The molecule has 5 heteroatoms. The monoisotopic (exact) mass is 317 g/mol. The van der Waals surface area contributed by atoms with Crippen LogP contribution in [0.5, 0.6) is 5.75 Å². The van der Waals surface area contributed by atoms with Gasteiger partial charge in [0, 0.05) is 13.0 Å². The lowest BCUT2D eigenvalue weighted by Gasteiger charge is -2.18. The molecule has 1 aromatic heterocycles. The van der Waals surface area contributed by atoms with E-state index in [0.29, 0.717) is 17.7 Å². The zero-order valence-corrected chi connectivity index (χ0v) is 14.7. The Labute approximate surface area is 138 Å². The average molecular weight is 317 g/mol. The number of hydrogen-bond donors (Lipinski definition) is 1. The van der Waals surface area contributed by atoms with Gasteiger partial charge < -0.3 is 9.15 Å². The van der Waals surface area contributed by atoms with Gasteiger partial charge in [-0.1, -0.05) is 26.0 Å². The number of nitrogens with one attached hydrogen (secondary N) is 1. The maximum absolute atomic E-state index is 5.75. The van der Waals surface area contributed by atoms with E-state index in [-0.39, 0.29) is 12.1 Å². The maximum atomic E-state index is 5.75. The second-order valence-corrected chi connectivity index (χ2v) is 6.37. The van der Waals surface area contributed by atoms with Crippen molar-refractivity contribution in [3.05, 3.63) is 41.6 Å². The summed E-state index contributed by atoms with van der Waals surface area (Å²) in [6.07, 6.45) is 1.07. The lowest BCUT2D eigenvalue weighted by atomic mass is 10.1. The molecule has 1 aromatic carbocycles. The smallest absolute Gasteiger partial charge is 0.233 e. The number of hydrogen-bond acceptors (Lipinski definition) is 5. The van der Waals surface area contributed by atoms with E-state index in [1.165, 1.54) is 5.56 Å². The van der Waals surface area contributed by atoms with Crippen LogP contribution in [0, 0.1) is 12.8 Å². The van der Waals surface area contributed by atoms with Crippen LogP contribution in [-0.4, -0.2) is 16.8 Å². The van der Waals surface area contributed by atoms with Gasteiger partial charge >= 0.3 is 0 Å². The fraction of sp³-hybridized carbons (Fsp3) is 0.556. The van der Waals surface area contributed by atoms with Crippen molar-refractivity contribution >= 4 is 0 Å². The van der Waals surface area contributed by atoms with Gasteiger partial charge in [0.15, 0.2) is 0 Å². The van der Waals surface area contributed by atoms with Crippen LogP contribution in [0.15, 0.2) is 28.7 Å². The topological polar surface area (TPSA) is 60.2 Å². The lowest BCUT2D eigenvalue weighted by molar-refractivity contribution is 0.289. The molecular weight excluding hydrogens is 290 g/mol. The van der Waals surface area contributed by atoms with E-state index in [0.717, 1.165) is 18.8 Å². The Kier molecular flexibility index (Phi) is 6.16. The van der Waals surface area contributed by atoms with Crippen molar-refractivity contribution in [1.29, 1.82) is 0 Å². The van der Waals surface area contributed by atoms with E-state index in [2.05, 4.69) is 48.4 Å². The molecule has 0 fully saturated rings. The SMILES string of the molecule is Cc1nnc([C@H](C)N[C@@H](C)c2ccc(OCCC(C)C)cc2)o1. The molecule has 2 aromatic rings. The third kappa shape index (κ3) is 5.36. The minimum absolute atomic E-state index is 0.00756. The molecule has 0 radical (unpaired) electrons. The second-order valence-electron chi connectivity index (χ2n) is 6.37. The molecule has 1 N–H and O–H groups in total. The van der Waals surface area contributed by atoms with Gasteiger partial charge in [0.2, 0.25) is 11.8 Å². The van der Waals surface area contributed by atoms with Gasteiger partial charge in [-0.2, -0.15) is 0 Å². The van der Waals surface area contributed by atoms with Gasteiger partial charge in [-0.25, -0.2) is 0 Å². The summed E-state index contributed by atoms with van der Waals surface area (Å²) in [4.78, 5) is 0. The van der Waals surface area contributed by atoms with Gasteiger partial charge in [-0.05, 0) is 43.9 Å². The van der Waals surface area contributed by atoms with E-state index >= 15 is 0 Å². The number of ether oxygens (including phenoxy) is 1. The van der Waals surface area contributed by atoms with Gasteiger partial charge in [0.1, 0.15) is 5.75 Å². The number of aryl methyl sites for hydroxylation is 1. The quantitative estimate of drug-likeness (QED) is 0.790. The zero-order valence-electron chi connectivity index (χ0n) is 14.7. The summed E-state index contributed by atoms with van der Waals surface area (Å²) in [5.74, 6) is 2.78. The van der Waals surface area contributed by atoms with Gasteiger partial charge in [-0.15, -0.1) is 10.2 Å². The zero-order chi connectivity index (χ0) is 16.8. The summed E-state index contributed by atoms with van der Waals surface area (Å²) >= 11 is 0. The van der Waals surface area contributed by atoms with E-state index < -0.39 is 0 Å². The Morgan fingerprint density at radius 3 is 2.30 bits per heavy atom. The van der Waals surface area contributed by atoms with Crippen LogP contribution >= 0.6 is 0 Å². The number of benzene rings is 1. The van der Waals surface area contributed by atoms with Crippen molar-refractivity contribution in [2.24, 2.45) is 5.92 Å². The number of aromatic nitrogens is 2. The summed E-state index contributed by atoms with van der Waals surface area (Å²) in [5.41, 5.74) is 1.20. The lowest BCUT2D eigenvalue weighted by Crippen LogP contribution is -2.22. The van der Waals surface area contributed by atoms with E-state index in [9.17, 15) is 0 Å². The molecule has 0 aliphatic carbocycles. The molecule has 2 rings (SSSR count). The fourth-order valence-electron chi connectivity index (χ4n) is 2.29. The molecule has 0 saturated carbocycles. The molecule has 0 spiro atoms. The highest BCUT2D eigenvalue weighted by Crippen LogP contribution is 2.21. The van der Waals surface area contributed by atoms with Crippen LogP contribution < -0.4 is 10.1 Å². The average Bonchev–Trinajstić information content (AvgIpc) is 2.94. The number of nitrogens with zero attached hydrogens (tertiary/aromatic N) is 2. The summed E-state index contributed by atoms with van der Waals surface area (Å²) in [6, 6.07) is 8.42. The highest BCUT2D eigenvalue weighted by atomic mass is 16.5. The molecule has 0 aliphatic rings. The predicted molar refractivity (Wildman–Crippen MR) is 90.4 cm³/mol. The normalized spacial score (nSPS) is 14.0. The molecule has 1 heterocycles.